The molecule has 0 aliphatic carbocycles. The van der Waals surface area contributed by atoms with Crippen molar-refractivity contribution in [3.05, 3.63) is 95.8 Å². The number of hydrogen-bond donors (Lipinski definition) is 2. The third-order valence-corrected chi connectivity index (χ3v) is 4.60. The number of anilines is 2. The average Bonchev–Trinajstić information content (AvgIpc) is 2.77. The molecular weight excluding hydrogens is 405 g/mol. The van der Waals surface area contributed by atoms with Gasteiger partial charge in [-0.3, -0.25) is 9.78 Å². The number of hydrogen-bond acceptors (Lipinski definition) is 4. The number of benzene rings is 2. The molecule has 0 spiro atoms. The monoisotopic (exact) mass is 422 g/mol. The molecule has 0 aliphatic heterocycles. The van der Waals surface area contributed by atoms with Gasteiger partial charge in [-0.1, -0.05) is 18.2 Å². The quantitative estimate of drug-likeness (QED) is 0.457. The molecule has 5 nitrogen and oxygen atoms in total. The van der Waals surface area contributed by atoms with Crippen LogP contribution in [0.2, 0.25) is 0 Å². The fourth-order valence-electron chi connectivity index (χ4n) is 3.08. The predicted molar refractivity (Wildman–Crippen MR) is 112 cm³/mol. The molecule has 2 heterocycles. The van der Waals surface area contributed by atoms with Gasteiger partial charge in [0, 0.05) is 35.6 Å². The van der Waals surface area contributed by atoms with Crippen LogP contribution in [0.3, 0.4) is 0 Å². The molecule has 31 heavy (non-hydrogen) atoms. The number of halogens is 3. The van der Waals surface area contributed by atoms with Crippen molar-refractivity contribution >= 4 is 28.3 Å². The second-order valence-electron chi connectivity index (χ2n) is 6.85. The second-order valence-corrected chi connectivity index (χ2v) is 6.85. The molecule has 2 N–H and O–H groups in total. The Bertz CT molecular complexity index is 1240. The molecule has 1 amide bonds. The van der Waals surface area contributed by atoms with Gasteiger partial charge in [-0.15, -0.1) is 0 Å². The minimum absolute atomic E-state index is 0.0223. The van der Waals surface area contributed by atoms with Crippen LogP contribution in [-0.2, 0) is 12.7 Å². The number of pyridine rings is 2. The van der Waals surface area contributed by atoms with Crippen LogP contribution in [0.15, 0.2) is 79.1 Å². The van der Waals surface area contributed by atoms with Crippen molar-refractivity contribution in [3.63, 3.8) is 0 Å². The van der Waals surface area contributed by atoms with E-state index < -0.39 is 17.6 Å². The van der Waals surface area contributed by atoms with Gasteiger partial charge >= 0.3 is 6.18 Å². The van der Waals surface area contributed by atoms with Crippen molar-refractivity contribution in [2.75, 3.05) is 5.32 Å². The second kappa shape index (κ2) is 8.43. The normalized spacial score (nSPS) is 11.3. The first-order chi connectivity index (χ1) is 14.9. The molecule has 0 saturated heterocycles. The minimum Gasteiger partial charge on any atom is -0.348 e. The molecule has 8 heteroatoms. The number of fused-ring (bicyclic) bond motifs is 1. The maximum absolute atomic E-state index is 12.8. The lowest BCUT2D eigenvalue weighted by atomic mass is 10.1. The van der Waals surface area contributed by atoms with Gasteiger partial charge in [0.05, 0.1) is 11.1 Å². The van der Waals surface area contributed by atoms with E-state index in [9.17, 15) is 18.0 Å². The van der Waals surface area contributed by atoms with Crippen LogP contribution >= 0.6 is 0 Å². The van der Waals surface area contributed by atoms with E-state index in [4.69, 9.17) is 0 Å². The molecule has 0 atom stereocenters. The van der Waals surface area contributed by atoms with Gasteiger partial charge < -0.3 is 10.6 Å². The maximum atomic E-state index is 12.8. The molecule has 0 unspecified atom stereocenters. The van der Waals surface area contributed by atoms with Gasteiger partial charge in [0.25, 0.3) is 5.91 Å². The molecule has 0 bridgehead atoms. The Morgan fingerprint density at radius 2 is 1.77 bits per heavy atom. The van der Waals surface area contributed by atoms with Crippen molar-refractivity contribution < 1.29 is 18.0 Å². The standard InChI is InChI=1S/C23H17F3N4O/c24-23(25,26)18-5-1-3-15(11-18)14-29-22(31)17-8-10-28-21(13-17)30-19-6-7-20-16(12-19)4-2-9-27-20/h1-13H,14H2,(H,28,30)(H,29,31). The zero-order valence-electron chi connectivity index (χ0n) is 16.1. The first kappa shape index (κ1) is 20.3. The molecule has 0 aliphatic rings. The molecule has 0 saturated carbocycles. The summed E-state index contributed by atoms with van der Waals surface area (Å²) in [6.07, 6.45) is -1.22. The molecule has 2 aromatic heterocycles. The van der Waals surface area contributed by atoms with Gasteiger partial charge in [-0.2, -0.15) is 13.2 Å². The number of alkyl halides is 3. The summed E-state index contributed by atoms with van der Waals surface area (Å²) >= 11 is 0. The van der Waals surface area contributed by atoms with Crippen LogP contribution < -0.4 is 10.6 Å². The average molecular weight is 422 g/mol. The van der Waals surface area contributed by atoms with Crippen molar-refractivity contribution in [1.82, 2.24) is 15.3 Å². The van der Waals surface area contributed by atoms with E-state index in [2.05, 4.69) is 20.6 Å². The van der Waals surface area contributed by atoms with Crippen LogP contribution in [-0.4, -0.2) is 15.9 Å². The third-order valence-electron chi connectivity index (χ3n) is 4.60. The molecule has 4 rings (SSSR count). The highest BCUT2D eigenvalue weighted by Crippen LogP contribution is 2.29. The number of nitrogens with one attached hydrogen (secondary N) is 2. The summed E-state index contributed by atoms with van der Waals surface area (Å²) in [5, 5.41) is 6.75. The van der Waals surface area contributed by atoms with Crippen LogP contribution in [0.4, 0.5) is 24.7 Å². The van der Waals surface area contributed by atoms with Crippen molar-refractivity contribution in [2.24, 2.45) is 0 Å². The fourth-order valence-corrected chi connectivity index (χ4v) is 3.08. The van der Waals surface area contributed by atoms with Crippen LogP contribution in [0.1, 0.15) is 21.5 Å². The number of aromatic nitrogens is 2. The number of rotatable bonds is 5. The highest BCUT2D eigenvalue weighted by molar-refractivity contribution is 5.95. The Morgan fingerprint density at radius 3 is 2.61 bits per heavy atom. The Morgan fingerprint density at radius 1 is 0.903 bits per heavy atom. The predicted octanol–water partition coefficient (Wildman–Crippen LogP) is 5.32. The first-order valence-corrected chi connectivity index (χ1v) is 9.41. The van der Waals surface area contributed by atoms with Crippen molar-refractivity contribution in [2.45, 2.75) is 12.7 Å². The van der Waals surface area contributed by atoms with Crippen LogP contribution in [0, 0.1) is 0 Å². The van der Waals surface area contributed by atoms with E-state index in [0.717, 1.165) is 28.7 Å². The van der Waals surface area contributed by atoms with Gasteiger partial charge in [0.15, 0.2) is 0 Å². The van der Waals surface area contributed by atoms with E-state index in [-0.39, 0.29) is 6.54 Å². The minimum atomic E-state index is -4.43. The lowest BCUT2D eigenvalue weighted by Gasteiger charge is -2.11. The van der Waals surface area contributed by atoms with Crippen LogP contribution in [0.25, 0.3) is 10.9 Å². The largest absolute Gasteiger partial charge is 0.416 e. The van der Waals surface area contributed by atoms with E-state index >= 15 is 0 Å². The summed E-state index contributed by atoms with van der Waals surface area (Å²) in [4.78, 5) is 21.0. The summed E-state index contributed by atoms with van der Waals surface area (Å²) in [6.45, 7) is -0.0223. The van der Waals surface area contributed by atoms with E-state index in [1.54, 1.807) is 12.3 Å². The Labute approximate surface area is 176 Å². The number of carbonyl (C=O) groups is 1. The molecule has 156 valence electrons. The number of nitrogens with zero attached hydrogens (tertiary/aromatic N) is 2. The van der Waals surface area contributed by atoms with Gasteiger partial charge in [0.2, 0.25) is 0 Å². The van der Waals surface area contributed by atoms with E-state index in [1.807, 2.05) is 30.3 Å². The van der Waals surface area contributed by atoms with E-state index in [1.165, 1.54) is 24.4 Å². The van der Waals surface area contributed by atoms with Gasteiger partial charge in [-0.25, -0.2) is 4.98 Å². The summed E-state index contributed by atoms with van der Waals surface area (Å²) in [7, 11) is 0. The van der Waals surface area contributed by atoms with Gasteiger partial charge in [-0.05, 0) is 54.1 Å². The first-order valence-electron chi connectivity index (χ1n) is 9.41. The SMILES string of the molecule is O=C(NCc1cccc(C(F)(F)F)c1)c1ccnc(Nc2ccc3ncccc3c2)c1. The summed E-state index contributed by atoms with van der Waals surface area (Å²) < 4.78 is 38.5. The fraction of sp³-hybridized carbons (Fsp3) is 0.0870. The van der Waals surface area contributed by atoms with Crippen molar-refractivity contribution in [1.29, 1.82) is 0 Å². The van der Waals surface area contributed by atoms with Crippen molar-refractivity contribution in [3.8, 4) is 0 Å². The third kappa shape index (κ3) is 4.98. The lowest BCUT2D eigenvalue weighted by Crippen LogP contribution is -2.23. The lowest BCUT2D eigenvalue weighted by molar-refractivity contribution is -0.137. The molecular formula is C23H17F3N4O. The Kier molecular flexibility index (Phi) is 5.53. The number of carbonyl (C=O) groups excluding carboxylic acids is 1. The zero-order valence-corrected chi connectivity index (χ0v) is 16.1. The van der Waals surface area contributed by atoms with Gasteiger partial charge in [0.1, 0.15) is 5.82 Å². The molecule has 0 radical (unpaired) electrons. The van der Waals surface area contributed by atoms with Crippen LogP contribution in [0.5, 0.6) is 0 Å². The zero-order chi connectivity index (χ0) is 21.8. The summed E-state index contributed by atoms with van der Waals surface area (Å²) in [6, 6.07) is 17.4. The number of amides is 1. The Balaban J connectivity index is 1.44. The highest BCUT2D eigenvalue weighted by Gasteiger charge is 2.30. The topological polar surface area (TPSA) is 66.9 Å². The summed E-state index contributed by atoms with van der Waals surface area (Å²) in [5.41, 5.74) is 1.60. The Hall–Kier alpha value is -3.94. The van der Waals surface area contributed by atoms with E-state index in [0.29, 0.717) is 16.9 Å². The highest BCUT2D eigenvalue weighted by atomic mass is 19.4. The smallest absolute Gasteiger partial charge is 0.348 e. The maximum Gasteiger partial charge on any atom is 0.416 e. The summed E-state index contributed by atoms with van der Waals surface area (Å²) in [5.74, 6) is 0.0560. The molecule has 0 fully saturated rings. The molecule has 4 aromatic rings. The molecule has 2 aromatic carbocycles.